The Morgan fingerprint density at radius 1 is 1.43 bits per heavy atom. The average molecular weight is 384 g/mol. The van der Waals surface area contributed by atoms with Crippen LogP contribution in [0, 0.1) is 5.92 Å². The van der Waals surface area contributed by atoms with E-state index in [4.69, 9.17) is 17.3 Å². The van der Waals surface area contributed by atoms with Crippen LogP contribution in [0.5, 0.6) is 0 Å². The lowest BCUT2D eigenvalue weighted by molar-refractivity contribution is -0.135. The lowest BCUT2D eigenvalue weighted by Gasteiger charge is -2.33. The summed E-state index contributed by atoms with van der Waals surface area (Å²) in [5.41, 5.74) is 5.61. The number of hydrogen-bond donors (Lipinski definition) is 2. The van der Waals surface area contributed by atoms with Crippen LogP contribution in [0.3, 0.4) is 0 Å². The van der Waals surface area contributed by atoms with Gasteiger partial charge in [-0.25, -0.2) is 4.98 Å². The molecule has 1 aliphatic heterocycles. The van der Waals surface area contributed by atoms with Gasteiger partial charge in [0.1, 0.15) is 5.82 Å². The lowest BCUT2D eigenvalue weighted by atomic mass is 9.96. The maximum Gasteiger partial charge on any atom is 0.239 e. The fraction of sp³-hybridized carbons (Fsp3) is 0.500. The largest absolute Gasteiger partial charge is 0.341 e. The van der Waals surface area contributed by atoms with Crippen molar-refractivity contribution in [2.24, 2.45) is 11.7 Å². The van der Waals surface area contributed by atoms with Crippen molar-refractivity contribution >= 4 is 54.0 Å². The number of amides is 2. The maximum atomic E-state index is 12.2. The number of nitrogens with two attached hydrogens (primary N) is 1. The molecule has 3 N–H and O–H groups in total. The highest BCUT2D eigenvalue weighted by molar-refractivity contribution is 6.30. The van der Waals surface area contributed by atoms with Crippen molar-refractivity contribution in [2.75, 3.05) is 18.4 Å². The molecule has 2 heterocycles. The zero-order valence-corrected chi connectivity index (χ0v) is 15.1. The summed E-state index contributed by atoms with van der Waals surface area (Å²) in [5, 5.41) is 3.26. The third kappa shape index (κ3) is 6.14. The maximum absolute atomic E-state index is 12.2. The number of likely N-dealkylation sites (tertiary alicyclic amines) is 1. The van der Waals surface area contributed by atoms with E-state index in [1.54, 1.807) is 24.0 Å². The molecule has 0 aliphatic carbocycles. The molecule has 1 aromatic heterocycles. The van der Waals surface area contributed by atoms with Gasteiger partial charge in [0.25, 0.3) is 0 Å². The van der Waals surface area contributed by atoms with Gasteiger partial charge in [0.15, 0.2) is 0 Å². The number of halogens is 3. The van der Waals surface area contributed by atoms with Gasteiger partial charge in [0, 0.05) is 19.3 Å². The molecule has 6 nitrogen and oxygen atoms in total. The molecule has 2 rings (SSSR count). The SMILES string of the molecule is C[C@@H](N)C(=O)N1CCCC(C(=O)Nc2ccc(Cl)cn2)C1.Cl.Cl. The fourth-order valence-corrected chi connectivity index (χ4v) is 2.47. The Hall–Kier alpha value is -1.08. The number of nitrogens with zero attached hydrogens (tertiary/aromatic N) is 2. The highest BCUT2D eigenvalue weighted by Crippen LogP contribution is 2.19. The van der Waals surface area contributed by atoms with Gasteiger partial charge < -0.3 is 16.0 Å². The molecule has 2 atom stereocenters. The Labute approximate surface area is 153 Å². The van der Waals surface area contributed by atoms with E-state index in [-0.39, 0.29) is 42.5 Å². The minimum absolute atomic E-state index is 0. The average Bonchev–Trinajstić information content (AvgIpc) is 2.48. The van der Waals surface area contributed by atoms with Crippen LogP contribution in [-0.2, 0) is 9.59 Å². The van der Waals surface area contributed by atoms with Crippen LogP contribution in [0.1, 0.15) is 19.8 Å². The smallest absolute Gasteiger partial charge is 0.239 e. The van der Waals surface area contributed by atoms with E-state index in [9.17, 15) is 9.59 Å². The lowest BCUT2D eigenvalue weighted by Crippen LogP contribution is -2.48. The molecule has 0 bridgehead atoms. The van der Waals surface area contributed by atoms with Gasteiger partial charge in [-0.05, 0) is 31.9 Å². The summed E-state index contributed by atoms with van der Waals surface area (Å²) in [5.74, 6) is -0.0249. The highest BCUT2D eigenvalue weighted by atomic mass is 35.5. The van der Waals surface area contributed by atoms with Gasteiger partial charge in [-0.1, -0.05) is 11.6 Å². The van der Waals surface area contributed by atoms with E-state index in [1.807, 2.05) is 0 Å². The van der Waals surface area contributed by atoms with Crippen molar-refractivity contribution in [2.45, 2.75) is 25.8 Å². The molecule has 1 unspecified atom stereocenters. The van der Waals surface area contributed by atoms with E-state index in [2.05, 4.69) is 10.3 Å². The van der Waals surface area contributed by atoms with Crippen molar-refractivity contribution < 1.29 is 9.59 Å². The molecule has 9 heteroatoms. The topological polar surface area (TPSA) is 88.3 Å². The second-order valence-corrected chi connectivity index (χ2v) is 5.70. The number of carbonyl (C=O) groups excluding carboxylic acids is 2. The minimum atomic E-state index is -0.537. The number of nitrogens with one attached hydrogen (secondary N) is 1. The molecule has 0 saturated carbocycles. The van der Waals surface area contributed by atoms with Crippen LogP contribution in [-0.4, -0.2) is 40.8 Å². The van der Waals surface area contributed by atoms with E-state index in [0.29, 0.717) is 23.9 Å². The first-order valence-electron chi connectivity index (χ1n) is 6.94. The van der Waals surface area contributed by atoms with Crippen molar-refractivity contribution in [1.82, 2.24) is 9.88 Å². The highest BCUT2D eigenvalue weighted by Gasteiger charge is 2.29. The molecule has 1 aliphatic rings. The predicted molar refractivity (Wildman–Crippen MR) is 95.3 cm³/mol. The van der Waals surface area contributed by atoms with Crippen molar-refractivity contribution in [3.8, 4) is 0 Å². The Morgan fingerprint density at radius 3 is 2.70 bits per heavy atom. The van der Waals surface area contributed by atoms with Gasteiger partial charge in [-0.3, -0.25) is 9.59 Å². The van der Waals surface area contributed by atoms with Gasteiger partial charge in [0.2, 0.25) is 11.8 Å². The van der Waals surface area contributed by atoms with Crippen LogP contribution >= 0.6 is 36.4 Å². The number of anilines is 1. The zero-order valence-electron chi connectivity index (χ0n) is 12.7. The molecule has 1 saturated heterocycles. The van der Waals surface area contributed by atoms with Crippen molar-refractivity contribution in [3.05, 3.63) is 23.4 Å². The summed E-state index contributed by atoms with van der Waals surface area (Å²) < 4.78 is 0. The minimum Gasteiger partial charge on any atom is -0.341 e. The second kappa shape index (κ2) is 9.93. The molecule has 1 aromatic rings. The summed E-state index contributed by atoms with van der Waals surface area (Å²) >= 11 is 5.75. The number of hydrogen-bond acceptors (Lipinski definition) is 4. The normalized spacial score (nSPS) is 18.2. The summed E-state index contributed by atoms with van der Waals surface area (Å²) in [6, 6.07) is 2.77. The van der Waals surface area contributed by atoms with E-state index >= 15 is 0 Å². The van der Waals surface area contributed by atoms with Crippen LogP contribution in [0.15, 0.2) is 18.3 Å². The summed E-state index contributed by atoms with van der Waals surface area (Å²) in [7, 11) is 0. The Bertz CT molecular complexity index is 525. The molecule has 0 radical (unpaired) electrons. The van der Waals surface area contributed by atoms with Gasteiger partial charge in [-0.2, -0.15) is 0 Å². The zero-order chi connectivity index (χ0) is 15.4. The van der Waals surface area contributed by atoms with E-state index in [1.165, 1.54) is 6.20 Å². The summed E-state index contributed by atoms with van der Waals surface area (Å²) in [4.78, 5) is 29.8. The third-order valence-electron chi connectivity index (χ3n) is 3.47. The quantitative estimate of drug-likeness (QED) is 0.836. The van der Waals surface area contributed by atoms with Gasteiger partial charge in [0.05, 0.1) is 17.0 Å². The standard InChI is InChI=1S/C14H19ClN4O2.2ClH/c1-9(16)14(21)19-6-2-3-10(8-19)13(20)18-12-5-4-11(15)7-17-12;;/h4-5,7,9-10H,2-3,6,8,16H2,1H3,(H,17,18,20);2*1H/t9-,10?;;/m1../s1. The van der Waals surface area contributed by atoms with Crippen LogP contribution in [0.2, 0.25) is 5.02 Å². The van der Waals surface area contributed by atoms with Crippen LogP contribution in [0.4, 0.5) is 5.82 Å². The molecule has 0 aromatic carbocycles. The number of pyridine rings is 1. The van der Waals surface area contributed by atoms with Crippen LogP contribution < -0.4 is 11.1 Å². The molecule has 2 amide bonds. The second-order valence-electron chi connectivity index (χ2n) is 5.26. The van der Waals surface area contributed by atoms with E-state index < -0.39 is 6.04 Å². The molecular weight excluding hydrogens is 363 g/mol. The number of carbonyl (C=O) groups is 2. The summed E-state index contributed by atoms with van der Waals surface area (Å²) in [6.07, 6.45) is 3.02. The number of piperidine rings is 1. The monoisotopic (exact) mass is 382 g/mol. The first-order chi connectivity index (χ1) is 9.97. The molecule has 23 heavy (non-hydrogen) atoms. The third-order valence-corrected chi connectivity index (χ3v) is 3.70. The van der Waals surface area contributed by atoms with E-state index in [0.717, 1.165) is 12.8 Å². The molecule has 0 spiro atoms. The number of aromatic nitrogens is 1. The Morgan fingerprint density at radius 2 is 2.13 bits per heavy atom. The number of rotatable bonds is 3. The van der Waals surface area contributed by atoms with Crippen molar-refractivity contribution in [1.29, 1.82) is 0 Å². The predicted octanol–water partition coefficient (Wildman–Crippen LogP) is 2.10. The molecule has 1 fully saturated rings. The van der Waals surface area contributed by atoms with Gasteiger partial charge in [-0.15, -0.1) is 24.8 Å². The Kier molecular flexibility index (Phi) is 9.46. The summed E-state index contributed by atoms with van der Waals surface area (Å²) in [6.45, 7) is 2.72. The first-order valence-corrected chi connectivity index (χ1v) is 7.32. The molecular formula is C14H21Cl3N4O2. The van der Waals surface area contributed by atoms with Gasteiger partial charge >= 0.3 is 0 Å². The first kappa shape index (κ1) is 21.9. The van der Waals surface area contributed by atoms with Crippen LogP contribution in [0.25, 0.3) is 0 Å². The van der Waals surface area contributed by atoms with Crippen molar-refractivity contribution in [3.63, 3.8) is 0 Å². The molecule has 130 valence electrons. The fourth-order valence-electron chi connectivity index (χ4n) is 2.36. The Balaban J connectivity index is 0.00000242.